The summed E-state index contributed by atoms with van der Waals surface area (Å²) in [6.45, 7) is 5.88. The zero-order valence-corrected chi connectivity index (χ0v) is 14.6. The number of hydrogen-bond acceptors (Lipinski definition) is 2. The van der Waals surface area contributed by atoms with Crippen molar-refractivity contribution < 1.29 is 0 Å². The van der Waals surface area contributed by atoms with Crippen LogP contribution in [0.1, 0.15) is 58.3 Å². The van der Waals surface area contributed by atoms with Gasteiger partial charge in [-0.3, -0.25) is 4.99 Å². The van der Waals surface area contributed by atoms with E-state index < -0.39 is 0 Å². The van der Waals surface area contributed by atoms with Crippen LogP contribution in [0.25, 0.3) is 0 Å². The molecule has 0 aromatic carbocycles. The molecule has 1 aromatic rings. The number of aliphatic imine (C=N–C) groups is 1. The zero-order chi connectivity index (χ0) is 16.2. The summed E-state index contributed by atoms with van der Waals surface area (Å²) < 4.78 is 2.10. The molecule has 0 bridgehead atoms. The van der Waals surface area contributed by atoms with Crippen LogP contribution < -0.4 is 10.6 Å². The van der Waals surface area contributed by atoms with Gasteiger partial charge in [-0.25, -0.2) is 4.98 Å². The van der Waals surface area contributed by atoms with Crippen molar-refractivity contribution in [1.82, 2.24) is 20.2 Å². The highest BCUT2D eigenvalue weighted by Crippen LogP contribution is 2.26. The maximum atomic E-state index is 4.66. The SMILES string of the molecule is CCNC(=NCCCn1ccnc1)NCCCC1CCCCC1. The molecule has 5 heteroatoms. The fourth-order valence-electron chi connectivity index (χ4n) is 3.28. The highest BCUT2D eigenvalue weighted by molar-refractivity contribution is 5.79. The van der Waals surface area contributed by atoms with E-state index in [0.29, 0.717) is 0 Å². The summed E-state index contributed by atoms with van der Waals surface area (Å²) in [5, 5.41) is 6.81. The average molecular weight is 319 g/mol. The van der Waals surface area contributed by atoms with Crippen LogP contribution >= 0.6 is 0 Å². The number of aryl methyl sites for hydroxylation is 1. The van der Waals surface area contributed by atoms with Gasteiger partial charge in [0.15, 0.2) is 5.96 Å². The number of imidazole rings is 1. The lowest BCUT2D eigenvalue weighted by molar-refractivity contribution is 0.332. The van der Waals surface area contributed by atoms with E-state index in [0.717, 1.165) is 44.5 Å². The second-order valence-electron chi connectivity index (χ2n) is 6.49. The molecule has 0 radical (unpaired) electrons. The van der Waals surface area contributed by atoms with Gasteiger partial charge in [0, 0.05) is 38.6 Å². The molecule has 0 atom stereocenters. The van der Waals surface area contributed by atoms with Crippen LogP contribution in [-0.2, 0) is 6.54 Å². The summed E-state index contributed by atoms with van der Waals surface area (Å²) >= 11 is 0. The van der Waals surface area contributed by atoms with Crippen LogP contribution in [0.2, 0.25) is 0 Å². The van der Waals surface area contributed by atoms with E-state index >= 15 is 0 Å². The molecule has 1 aliphatic rings. The first-order valence-corrected chi connectivity index (χ1v) is 9.36. The first-order chi connectivity index (χ1) is 11.4. The van der Waals surface area contributed by atoms with Crippen LogP contribution in [0.15, 0.2) is 23.7 Å². The Kier molecular flexibility index (Phi) is 8.59. The van der Waals surface area contributed by atoms with Crippen molar-refractivity contribution in [2.24, 2.45) is 10.9 Å². The minimum Gasteiger partial charge on any atom is -0.357 e. The molecule has 1 fully saturated rings. The van der Waals surface area contributed by atoms with E-state index in [1.807, 2.05) is 18.7 Å². The summed E-state index contributed by atoms with van der Waals surface area (Å²) in [4.78, 5) is 8.71. The summed E-state index contributed by atoms with van der Waals surface area (Å²) in [7, 11) is 0. The third-order valence-electron chi connectivity index (χ3n) is 4.55. The van der Waals surface area contributed by atoms with Crippen molar-refractivity contribution in [2.45, 2.75) is 64.8 Å². The highest BCUT2D eigenvalue weighted by atomic mass is 15.2. The molecule has 0 spiro atoms. The van der Waals surface area contributed by atoms with Crippen molar-refractivity contribution in [1.29, 1.82) is 0 Å². The Morgan fingerprint density at radius 2 is 2.09 bits per heavy atom. The van der Waals surface area contributed by atoms with Gasteiger partial charge >= 0.3 is 0 Å². The molecule has 23 heavy (non-hydrogen) atoms. The molecule has 1 aromatic heterocycles. The molecular weight excluding hydrogens is 286 g/mol. The van der Waals surface area contributed by atoms with Crippen LogP contribution in [0.3, 0.4) is 0 Å². The van der Waals surface area contributed by atoms with E-state index in [9.17, 15) is 0 Å². The minimum absolute atomic E-state index is 0.843. The Morgan fingerprint density at radius 3 is 2.83 bits per heavy atom. The normalized spacial score (nSPS) is 16.5. The quantitative estimate of drug-likeness (QED) is 0.417. The van der Waals surface area contributed by atoms with Gasteiger partial charge in [0.2, 0.25) is 0 Å². The van der Waals surface area contributed by atoms with Gasteiger partial charge in [0.25, 0.3) is 0 Å². The van der Waals surface area contributed by atoms with Gasteiger partial charge < -0.3 is 15.2 Å². The Morgan fingerprint density at radius 1 is 1.22 bits per heavy atom. The lowest BCUT2D eigenvalue weighted by Crippen LogP contribution is -2.38. The average Bonchev–Trinajstić information content (AvgIpc) is 3.10. The van der Waals surface area contributed by atoms with Crippen molar-refractivity contribution in [3.8, 4) is 0 Å². The summed E-state index contributed by atoms with van der Waals surface area (Å²) in [6.07, 6.45) is 16.6. The molecule has 0 amide bonds. The van der Waals surface area contributed by atoms with Crippen LogP contribution in [0.4, 0.5) is 0 Å². The van der Waals surface area contributed by atoms with Crippen molar-refractivity contribution in [3.05, 3.63) is 18.7 Å². The number of hydrogen-bond donors (Lipinski definition) is 2. The predicted molar refractivity (Wildman–Crippen MR) is 96.6 cm³/mol. The number of rotatable bonds is 9. The second-order valence-corrected chi connectivity index (χ2v) is 6.49. The van der Waals surface area contributed by atoms with Crippen LogP contribution in [-0.4, -0.2) is 35.1 Å². The lowest BCUT2D eigenvalue weighted by Gasteiger charge is -2.21. The van der Waals surface area contributed by atoms with Gasteiger partial charge in [-0.2, -0.15) is 0 Å². The molecule has 0 saturated heterocycles. The largest absolute Gasteiger partial charge is 0.357 e. The first kappa shape index (κ1) is 17.8. The Labute approximate surface area is 141 Å². The van der Waals surface area contributed by atoms with Crippen LogP contribution in [0.5, 0.6) is 0 Å². The summed E-state index contributed by atoms with van der Waals surface area (Å²) in [5.41, 5.74) is 0. The minimum atomic E-state index is 0.843. The maximum absolute atomic E-state index is 4.66. The highest BCUT2D eigenvalue weighted by Gasteiger charge is 2.12. The molecule has 0 unspecified atom stereocenters. The van der Waals surface area contributed by atoms with Gasteiger partial charge in [0.05, 0.1) is 6.33 Å². The fraction of sp³-hybridized carbons (Fsp3) is 0.778. The van der Waals surface area contributed by atoms with E-state index in [4.69, 9.17) is 0 Å². The third kappa shape index (κ3) is 7.53. The third-order valence-corrected chi connectivity index (χ3v) is 4.55. The predicted octanol–water partition coefficient (Wildman–Crippen LogP) is 3.19. The van der Waals surface area contributed by atoms with Crippen molar-refractivity contribution in [2.75, 3.05) is 19.6 Å². The lowest BCUT2D eigenvalue weighted by atomic mass is 9.86. The monoisotopic (exact) mass is 319 g/mol. The molecule has 5 nitrogen and oxygen atoms in total. The number of nitrogens with zero attached hydrogens (tertiary/aromatic N) is 3. The van der Waals surface area contributed by atoms with Gasteiger partial charge in [-0.1, -0.05) is 32.1 Å². The standard InChI is InChI=1S/C18H33N5/c1-2-20-18(22-12-7-14-23-15-13-19-16-23)21-11-6-10-17-8-4-3-5-9-17/h13,15-17H,2-12,14H2,1H3,(H2,20,21,22). The molecule has 0 aliphatic heterocycles. The molecule has 2 rings (SSSR count). The maximum Gasteiger partial charge on any atom is 0.191 e. The number of guanidine groups is 1. The Hall–Kier alpha value is -1.52. The van der Waals surface area contributed by atoms with E-state index in [2.05, 4.69) is 32.1 Å². The topological polar surface area (TPSA) is 54.2 Å². The Bertz CT molecular complexity index is 421. The molecular formula is C18H33N5. The first-order valence-electron chi connectivity index (χ1n) is 9.36. The van der Waals surface area contributed by atoms with Crippen molar-refractivity contribution in [3.63, 3.8) is 0 Å². The molecule has 1 aliphatic carbocycles. The van der Waals surface area contributed by atoms with E-state index in [-0.39, 0.29) is 0 Å². The molecule has 130 valence electrons. The fourth-order valence-corrected chi connectivity index (χ4v) is 3.28. The van der Waals surface area contributed by atoms with Gasteiger partial charge in [-0.05, 0) is 32.1 Å². The molecule has 1 heterocycles. The zero-order valence-electron chi connectivity index (χ0n) is 14.6. The van der Waals surface area contributed by atoms with E-state index in [1.165, 1.54) is 44.9 Å². The summed E-state index contributed by atoms with van der Waals surface area (Å²) in [5.74, 6) is 1.93. The number of nitrogens with one attached hydrogen (secondary N) is 2. The second kappa shape index (κ2) is 11.1. The molecule has 1 saturated carbocycles. The smallest absolute Gasteiger partial charge is 0.191 e. The molecule has 2 N–H and O–H groups in total. The van der Waals surface area contributed by atoms with Crippen LogP contribution in [0, 0.1) is 5.92 Å². The summed E-state index contributed by atoms with van der Waals surface area (Å²) in [6, 6.07) is 0. The van der Waals surface area contributed by atoms with E-state index in [1.54, 1.807) is 0 Å². The van der Waals surface area contributed by atoms with Crippen molar-refractivity contribution >= 4 is 5.96 Å². The Balaban J connectivity index is 1.58. The number of aromatic nitrogens is 2. The van der Waals surface area contributed by atoms with Gasteiger partial charge in [0.1, 0.15) is 0 Å². The van der Waals surface area contributed by atoms with Gasteiger partial charge in [-0.15, -0.1) is 0 Å².